The largest absolute Gasteiger partial charge is 0.311 e. The molecule has 148 valence electrons. The van der Waals surface area contributed by atoms with Crippen molar-refractivity contribution in [2.45, 2.75) is 59.2 Å². The van der Waals surface area contributed by atoms with E-state index >= 15 is 0 Å². The van der Waals surface area contributed by atoms with Crippen LogP contribution >= 0.6 is 0 Å². The molecule has 0 saturated carbocycles. The molecule has 1 amide bonds. The number of rotatable bonds is 8. The first kappa shape index (κ1) is 21.5. The Labute approximate surface area is 166 Å². The second-order valence-electron chi connectivity index (χ2n) is 8.13. The van der Waals surface area contributed by atoms with Crippen LogP contribution in [0.4, 0.5) is 0 Å². The third-order valence-electron chi connectivity index (χ3n) is 5.21. The predicted octanol–water partition coefficient (Wildman–Crippen LogP) is 2.73. The minimum absolute atomic E-state index is 0.134. The molecule has 0 aliphatic heterocycles. The fourth-order valence-electron chi connectivity index (χ4n) is 2.89. The zero-order chi connectivity index (χ0) is 20.9. The van der Waals surface area contributed by atoms with Crippen LogP contribution in [-0.4, -0.2) is 35.0 Å². The van der Waals surface area contributed by atoms with Crippen molar-refractivity contribution in [3.8, 4) is 6.07 Å². The van der Waals surface area contributed by atoms with Gasteiger partial charge in [-0.3, -0.25) is 19.7 Å². The van der Waals surface area contributed by atoms with Crippen molar-refractivity contribution < 1.29 is 14.4 Å². The predicted molar refractivity (Wildman–Crippen MR) is 106 cm³/mol. The highest BCUT2D eigenvalue weighted by atomic mass is 16.2. The molecule has 0 aromatic heterocycles. The zero-order valence-corrected chi connectivity index (χ0v) is 16.9. The van der Waals surface area contributed by atoms with Crippen LogP contribution in [0, 0.1) is 16.7 Å². The maximum Gasteiger partial charge on any atom is 0.252 e. The van der Waals surface area contributed by atoms with E-state index < -0.39 is 17.7 Å². The zero-order valence-electron chi connectivity index (χ0n) is 16.9. The molecule has 0 bridgehead atoms. The Kier molecular flexibility index (Phi) is 6.87. The minimum atomic E-state index is -1.24. The number of carbonyl (C=O) groups is 3. The Bertz CT molecular complexity index is 813. The molecule has 0 fully saturated rings. The molecule has 1 aliphatic carbocycles. The second kappa shape index (κ2) is 8.94. The molecule has 2 rings (SSSR count). The SMILES string of the molecule is CC(N(C(=O)C(NCc1ccc(C#N)cc1)C(=O)C=O)C1=CCC1)C(C)(C)C. The van der Waals surface area contributed by atoms with Crippen LogP contribution in [0.5, 0.6) is 0 Å². The molecule has 2 unspecified atom stereocenters. The molecular weight excluding hydrogens is 354 g/mol. The second-order valence-corrected chi connectivity index (χ2v) is 8.13. The first-order chi connectivity index (χ1) is 13.2. The Morgan fingerprint density at radius 3 is 2.32 bits per heavy atom. The minimum Gasteiger partial charge on any atom is -0.311 e. The summed E-state index contributed by atoms with van der Waals surface area (Å²) in [6.07, 6.45) is 3.87. The molecule has 6 heteroatoms. The number of aldehydes is 1. The van der Waals surface area contributed by atoms with Gasteiger partial charge < -0.3 is 4.90 Å². The standard InChI is InChI=1S/C22H27N3O3/c1-15(22(2,3)4)25(18-6-5-7-18)21(28)20(19(27)14-26)24-13-17-10-8-16(12-23)9-11-17/h6,8-11,14-15,20,24H,5,7,13H2,1-4H3. The van der Waals surface area contributed by atoms with Gasteiger partial charge in [0.05, 0.1) is 11.6 Å². The van der Waals surface area contributed by atoms with Gasteiger partial charge in [0.15, 0.2) is 12.3 Å². The molecule has 0 spiro atoms. The maximum absolute atomic E-state index is 13.3. The van der Waals surface area contributed by atoms with Crippen LogP contribution in [0.2, 0.25) is 0 Å². The summed E-state index contributed by atoms with van der Waals surface area (Å²) in [6.45, 7) is 8.31. The summed E-state index contributed by atoms with van der Waals surface area (Å²) in [7, 11) is 0. The van der Waals surface area contributed by atoms with E-state index in [-0.39, 0.29) is 24.3 Å². The van der Waals surface area contributed by atoms with Crippen LogP contribution in [0.3, 0.4) is 0 Å². The highest BCUT2D eigenvalue weighted by molar-refractivity contribution is 6.33. The number of hydrogen-bond donors (Lipinski definition) is 1. The van der Waals surface area contributed by atoms with Crippen molar-refractivity contribution in [3.63, 3.8) is 0 Å². The summed E-state index contributed by atoms with van der Waals surface area (Å²) in [5.74, 6) is -1.19. The van der Waals surface area contributed by atoms with E-state index in [0.717, 1.165) is 24.1 Å². The van der Waals surface area contributed by atoms with Crippen LogP contribution in [0.15, 0.2) is 36.0 Å². The van der Waals surface area contributed by atoms with Gasteiger partial charge in [-0.15, -0.1) is 0 Å². The van der Waals surface area contributed by atoms with Crippen molar-refractivity contribution in [1.82, 2.24) is 10.2 Å². The van der Waals surface area contributed by atoms with Gasteiger partial charge >= 0.3 is 0 Å². The maximum atomic E-state index is 13.3. The molecule has 1 aromatic carbocycles. The number of ketones is 1. The molecule has 0 heterocycles. The monoisotopic (exact) mass is 381 g/mol. The Morgan fingerprint density at radius 2 is 1.89 bits per heavy atom. The number of carbonyl (C=O) groups excluding carboxylic acids is 3. The topological polar surface area (TPSA) is 90.3 Å². The summed E-state index contributed by atoms with van der Waals surface area (Å²) < 4.78 is 0. The smallest absolute Gasteiger partial charge is 0.252 e. The average molecular weight is 381 g/mol. The van der Waals surface area contributed by atoms with Gasteiger partial charge in [0, 0.05) is 18.3 Å². The fourth-order valence-corrected chi connectivity index (χ4v) is 2.89. The average Bonchev–Trinajstić information content (AvgIpc) is 2.63. The van der Waals surface area contributed by atoms with Gasteiger partial charge in [-0.25, -0.2) is 0 Å². The number of Topliss-reactive ketones (excluding diaryl/α,β-unsaturated/α-hetero) is 1. The molecule has 0 saturated heterocycles. The van der Waals surface area contributed by atoms with E-state index in [0.29, 0.717) is 5.56 Å². The van der Waals surface area contributed by atoms with Gasteiger partial charge in [-0.05, 0) is 42.9 Å². The highest BCUT2D eigenvalue weighted by Crippen LogP contribution is 2.32. The van der Waals surface area contributed by atoms with Gasteiger partial charge in [-0.1, -0.05) is 39.0 Å². The lowest BCUT2D eigenvalue weighted by Crippen LogP contribution is -2.55. The quantitative estimate of drug-likeness (QED) is 0.425. The van der Waals surface area contributed by atoms with E-state index in [9.17, 15) is 14.4 Å². The Morgan fingerprint density at radius 1 is 1.29 bits per heavy atom. The number of nitrogens with one attached hydrogen (secondary N) is 1. The molecular formula is C22H27N3O3. The number of hydrogen-bond acceptors (Lipinski definition) is 5. The molecule has 1 N–H and O–H groups in total. The molecule has 28 heavy (non-hydrogen) atoms. The van der Waals surface area contributed by atoms with Crippen molar-refractivity contribution in [2.24, 2.45) is 5.41 Å². The Balaban J connectivity index is 2.24. The first-order valence-electron chi connectivity index (χ1n) is 9.42. The summed E-state index contributed by atoms with van der Waals surface area (Å²) in [5.41, 5.74) is 2.06. The van der Waals surface area contributed by atoms with Crippen LogP contribution in [-0.2, 0) is 20.9 Å². The molecule has 2 atom stereocenters. The third-order valence-corrected chi connectivity index (χ3v) is 5.21. The van der Waals surface area contributed by atoms with E-state index in [4.69, 9.17) is 5.26 Å². The van der Waals surface area contributed by atoms with Gasteiger partial charge in [-0.2, -0.15) is 5.26 Å². The van der Waals surface area contributed by atoms with Crippen molar-refractivity contribution in [3.05, 3.63) is 47.2 Å². The van der Waals surface area contributed by atoms with Gasteiger partial charge in [0.2, 0.25) is 5.78 Å². The third kappa shape index (κ3) is 4.93. The summed E-state index contributed by atoms with van der Waals surface area (Å²) in [6, 6.07) is 7.52. The van der Waals surface area contributed by atoms with Gasteiger partial charge in [0.1, 0.15) is 0 Å². The lowest BCUT2D eigenvalue weighted by molar-refractivity contribution is -0.142. The van der Waals surface area contributed by atoms with E-state index in [1.165, 1.54) is 0 Å². The van der Waals surface area contributed by atoms with Gasteiger partial charge in [0.25, 0.3) is 5.91 Å². The number of amides is 1. The van der Waals surface area contributed by atoms with Crippen molar-refractivity contribution in [2.75, 3.05) is 0 Å². The van der Waals surface area contributed by atoms with Crippen LogP contribution in [0.25, 0.3) is 0 Å². The molecule has 6 nitrogen and oxygen atoms in total. The van der Waals surface area contributed by atoms with Crippen LogP contribution in [0.1, 0.15) is 51.7 Å². The number of allylic oxidation sites excluding steroid dienone is 2. The molecule has 1 aliphatic rings. The Hall–Kier alpha value is -2.78. The van der Waals surface area contributed by atoms with Crippen molar-refractivity contribution in [1.29, 1.82) is 5.26 Å². The fraction of sp³-hybridized carbons (Fsp3) is 0.455. The van der Waals surface area contributed by atoms with E-state index in [1.54, 1.807) is 29.2 Å². The number of nitriles is 1. The summed E-state index contributed by atoms with van der Waals surface area (Å²) in [5, 5.41) is 11.8. The number of nitrogens with zero attached hydrogens (tertiary/aromatic N) is 2. The van der Waals surface area contributed by atoms with E-state index in [1.807, 2.05) is 39.8 Å². The van der Waals surface area contributed by atoms with E-state index in [2.05, 4.69) is 5.32 Å². The lowest BCUT2D eigenvalue weighted by atomic mass is 9.85. The highest BCUT2D eigenvalue weighted by Gasteiger charge is 2.38. The molecule has 1 aromatic rings. The molecule has 0 radical (unpaired) electrons. The lowest BCUT2D eigenvalue weighted by Gasteiger charge is -2.42. The normalized spacial score (nSPS) is 15.5. The van der Waals surface area contributed by atoms with Crippen molar-refractivity contribution >= 4 is 18.0 Å². The van der Waals surface area contributed by atoms with Crippen LogP contribution < -0.4 is 5.32 Å². The number of benzene rings is 1. The summed E-state index contributed by atoms with van der Waals surface area (Å²) >= 11 is 0. The first-order valence-corrected chi connectivity index (χ1v) is 9.42. The summed E-state index contributed by atoms with van der Waals surface area (Å²) in [4.78, 5) is 38.4.